The lowest BCUT2D eigenvalue weighted by Gasteiger charge is -2.12. The fourth-order valence-corrected chi connectivity index (χ4v) is 1.87. The third kappa shape index (κ3) is 2.11. The van der Waals surface area contributed by atoms with Gasteiger partial charge < -0.3 is 10.5 Å². The zero-order valence-corrected chi connectivity index (χ0v) is 10.4. The monoisotopic (exact) mass is 231 g/mol. The first kappa shape index (κ1) is 11.5. The van der Waals surface area contributed by atoms with E-state index >= 15 is 0 Å². The molecule has 2 N–H and O–H groups in total. The van der Waals surface area contributed by atoms with Crippen LogP contribution in [0.4, 0.5) is 5.69 Å². The van der Waals surface area contributed by atoms with Crippen molar-refractivity contribution in [1.29, 1.82) is 0 Å². The molecule has 0 saturated carbocycles. The molecule has 0 fully saturated rings. The minimum atomic E-state index is 0.602. The molecule has 4 nitrogen and oxygen atoms in total. The molecule has 1 heterocycles. The van der Waals surface area contributed by atoms with Gasteiger partial charge in [-0.15, -0.1) is 0 Å². The smallest absolute Gasteiger partial charge is 0.144 e. The molecule has 0 bridgehead atoms. The molecule has 2 rings (SSSR count). The van der Waals surface area contributed by atoms with E-state index in [0.29, 0.717) is 18.0 Å². The van der Waals surface area contributed by atoms with Gasteiger partial charge in [-0.1, -0.05) is 6.07 Å². The van der Waals surface area contributed by atoms with E-state index in [2.05, 4.69) is 5.10 Å². The molecule has 0 saturated heterocycles. The molecule has 0 amide bonds. The van der Waals surface area contributed by atoms with Crippen LogP contribution in [-0.2, 0) is 0 Å². The summed E-state index contributed by atoms with van der Waals surface area (Å²) < 4.78 is 7.32. The first-order valence-electron chi connectivity index (χ1n) is 5.68. The topological polar surface area (TPSA) is 53.1 Å². The summed E-state index contributed by atoms with van der Waals surface area (Å²) in [6.07, 6.45) is 0. The maximum Gasteiger partial charge on any atom is 0.144 e. The van der Waals surface area contributed by atoms with Gasteiger partial charge >= 0.3 is 0 Å². The van der Waals surface area contributed by atoms with Gasteiger partial charge in [-0.2, -0.15) is 5.10 Å². The lowest BCUT2D eigenvalue weighted by Crippen LogP contribution is -2.05. The number of anilines is 1. The molecular weight excluding hydrogens is 214 g/mol. The Bertz CT molecular complexity index is 531. The molecule has 1 aromatic heterocycles. The minimum Gasteiger partial charge on any atom is -0.492 e. The summed E-state index contributed by atoms with van der Waals surface area (Å²) in [6, 6.07) is 7.76. The van der Waals surface area contributed by atoms with Crippen molar-refractivity contribution in [2.45, 2.75) is 20.8 Å². The normalized spacial score (nSPS) is 10.5. The van der Waals surface area contributed by atoms with Crippen LogP contribution in [0.15, 0.2) is 24.3 Å². The number of para-hydroxylation sites is 1. The van der Waals surface area contributed by atoms with Crippen LogP contribution in [0.5, 0.6) is 5.75 Å². The van der Waals surface area contributed by atoms with Gasteiger partial charge in [-0.3, -0.25) is 0 Å². The average Bonchev–Trinajstić information content (AvgIpc) is 2.61. The molecule has 1 aromatic carbocycles. The third-order valence-corrected chi connectivity index (χ3v) is 2.58. The number of nitrogens with two attached hydrogens (primary N) is 1. The number of nitrogens with zero attached hydrogens (tertiary/aromatic N) is 2. The number of benzene rings is 1. The van der Waals surface area contributed by atoms with Gasteiger partial charge in [0.1, 0.15) is 11.4 Å². The number of hydrogen-bond acceptors (Lipinski definition) is 3. The number of ether oxygens (including phenoxy) is 1. The quantitative estimate of drug-likeness (QED) is 0.825. The zero-order valence-electron chi connectivity index (χ0n) is 10.4. The summed E-state index contributed by atoms with van der Waals surface area (Å²) >= 11 is 0. The number of hydrogen-bond donors (Lipinski definition) is 1. The summed E-state index contributed by atoms with van der Waals surface area (Å²) in [4.78, 5) is 0. The summed E-state index contributed by atoms with van der Waals surface area (Å²) in [5.74, 6) is 0.706. The summed E-state index contributed by atoms with van der Waals surface area (Å²) in [7, 11) is 0. The van der Waals surface area contributed by atoms with Crippen molar-refractivity contribution in [1.82, 2.24) is 9.78 Å². The Balaban J connectivity index is 2.52. The van der Waals surface area contributed by atoms with Gasteiger partial charge in [0.25, 0.3) is 0 Å². The van der Waals surface area contributed by atoms with Crippen LogP contribution in [-0.4, -0.2) is 16.4 Å². The second-order valence-electron chi connectivity index (χ2n) is 3.96. The third-order valence-electron chi connectivity index (χ3n) is 2.58. The molecule has 0 radical (unpaired) electrons. The number of aromatic nitrogens is 2. The Morgan fingerprint density at radius 2 is 2.12 bits per heavy atom. The Kier molecular flexibility index (Phi) is 3.04. The molecule has 90 valence electrons. The largest absolute Gasteiger partial charge is 0.492 e. The molecule has 4 heteroatoms. The van der Waals surface area contributed by atoms with Crippen LogP contribution in [0.25, 0.3) is 5.69 Å². The van der Waals surface area contributed by atoms with Gasteiger partial charge in [0.2, 0.25) is 0 Å². The van der Waals surface area contributed by atoms with Crippen molar-refractivity contribution in [3.63, 3.8) is 0 Å². The molecule has 0 unspecified atom stereocenters. The Hall–Kier alpha value is -1.97. The fraction of sp³-hybridized carbons (Fsp3) is 0.308. The van der Waals surface area contributed by atoms with Crippen LogP contribution in [0.3, 0.4) is 0 Å². The standard InChI is InChI=1S/C13H17N3O/c1-4-17-12-7-5-6-11(13(12)14)16-10(3)8-9(2)15-16/h5-8H,4,14H2,1-3H3. The van der Waals surface area contributed by atoms with Crippen molar-refractivity contribution < 1.29 is 4.74 Å². The van der Waals surface area contributed by atoms with Gasteiger partial charge in [0.15, 0.2) is 0 Å². The fourth-order valence-electron chi connectivity index (χ4n) is 1.87. The van der Waals surface area contributed by atoms with Crippen LogP contribution in [0.1, 0.15) is 18.3 Å². The maximum absolute atomic E-state index is 6.09. The second kappa shape index (κ2) is 4.49. The van der Waals surface area contributed by atoms with Crippen molar-refractivity contribution >= 4 is 5.69 Å². The van der Waals surface area contributed by atoms with E-state index in [1.165, 1.54) is 0 Å². The van der Waals surface area contributed by atoms with E-state index in [-0.39, 0.29) is 0 Å². The van der Waals surface area contributed by atoms with Crippen LogP contribution < -0.4 is 10.5 Å². The second-order valence-corrected chi connectivity index (χ2v) is 3.96. The molecule has 0 aliphatic heterocycles. The van der Waals surface area contributed by atoms with Crippen molar-refractivity contribution in [3.05, 3.63) is 35.7 Å². The highest BCUT2D eigenvalue weighted by atomic mass is 16.5. The van der Waals surface area contributed by atoms with E-state index in [9.17, 15) is 0 Å². The number of rotatable bonds is 3. The molecule has 17 heavy (non-hydrogen) atoms. The lowest BCUT2D eigenvalue weighted by molar-refractivity contribution is 0.342. The highest BCUT2D eigenvalue weighted by molar-refractivity contribution is 5.66. The van der Waals surface area contributed by atoms with E-state index in [1.807, 2.05) is 49.7 Å². The predicted octanol–water partition coefficient (Wildman–Crippen LogP) is 2.47. The molecule has 0 aliphatic rings. The number of nitrogen functional groups attached to an aromatic ring is 1. The number of aryl methyl sites for hydroxylation is 2. The summed E-state index contributed by atoms with van der Waals surface area (Å²) in [5, 5.41) is 4.42. The zero-order chi connectivity index (χ0) is 12.4. The lowest BCUT2D eigenvalue weighted by atomic mass is 10.2. The molecule has 2 aromatic rings. The van der Waals surface area contributed by atoms with Crippen molar-refractivity contribution in [2.24, 2.45) is 0 Å². The Labute approximate surface area is 101 Å². The molecule has 0 aliphatic carbocycles. The van der Waals surface area contributed by atoms with E-state index in [4.69, 9.17) is 10.5 Å². The van der Waals surface area contributed by atoms with Crippen LogP contribution in [0.2, 0.25) is 0 Å². The van der Waals surface area contributed by atoms with Gasteiger partial charge in [-0.05, 0) is 39.0 Å². The molecule has 0 atom stereocenters. The Morgan fingerprint density at radius 1 is 1.35 bits per heavy atom. The van der Waals surface area contributed by atoms with Gasteiger partial charge in [-0.25, -0.2) is 4.68 Å². The van der Waals surface area contributed by atoms with Crippen LogP contribution >= 0.6 is 0 Å². The van der Waals surface area contributed by atoms with Crippen molar-refractivity contribution in [2.75, 3.05) is 12.3 Å². The van der Waals surface area contributed by atoms with Gasteiger partial charge in [0, 0.05) is 5.69 Å². The summed E-state index contributed by atoms with van der Waals surface area (Å²) in [5.41, 5.74) is 9.62. The highest BCUT2D eigenvalue weighted by Crippen LogP contribution is 2.28. The molecular formula is C13H17N3O. The summed E-state index contributed by atoms with van der Waals surface area (Å²) in [6.45, 7) is 6.51. The first-order chi connectivity index (χ1) is 8.13. The van der Waals surface area contributed by atoms with E-state index in [0.717, 1.165) is 17.1 Å². The predicted molar refractivity (Wildman–Crippen MR) is 68.6 cm³/mol. The minimum absolute atomic E-state index is 0.602. The first-order valence-corrected chi connectivity index (χ1v) is 5.68. The van der Waals surface area contributed by atoms with Gasteiger partial charge in [0.05, 0.1) is 18.0 Å². The SMILES string of the molecule is CCOc1cccc(-n2nc(C)cc2C)c1N. The van der Waals surface area contributed by atoms with E-state index < -0.39 is 0 Å². The van der Waals surface area contributed by atoms with Crippen molar-refractivity contribution in [3.8, 4) is 11.4 Å². The van der Waals surface area contributed by atoms with E-state index in [1.54, 1.807) is 0 Å². The average molecular weight is 231 g/mol. The maximum atomic E-state index is 6.09. The van der Waals surface area contributed by atoms with Crippen LogP contribution in [0, 0.1) is 13.8 Å². The highest BCUT2D eigenvalue weighted by Gasteiger charge is 2.10. The Morgan fingerprint density at radius 3 is 2.71 bits per heavy atom. The molecule has 0 spiro atoms.